The van der Waals surface area contributed by atoms with Gasteiger partial charge < -0.3 is 15.3 Å². The van der Waals surface area contributed by atoms with Crippen LogP contribution in [-0.4, -0.2) is 41.4 Å². The molecule has 0 amide bonds. The van der Waals surface area contributed by atoms with E-state index in [1.807, 2.05) is 6.92 Å². The molecule has 1 rings (SSSR count). The zero-order valence-electron chi connectivity index (χ0n) is 8.34. The average Bonchev–Trinajstić information content (AvgIpc) is 2.50. The quantitative estimate of drug-likeness (QED) is 0.642. The zero-order chi connectivity index (χ0) is 9.90. The third-order valence-electron chi connectivity index (χ3n) is 2.55. The van der Waals surface area contributed by atoms with Crippen LogP contribution < -0.4 is 5.32 Å². The van der Waals surface area contributed by atoms with E-state index in [0.29, 0.717) is 0 Å². The first kappa shape index (κ1) is 10.7. The van der Waals surface area contributed by atoms with Crippen molar-refractivity contribution < 1.29 is 5.11 Å². The molecule has 0 aliphatic carbocycles. The summed E-state index contributed by atoms with van der Waals surface area (Å²) < 4.78 is 0. The third kappa shape index (κ3) is 2.54. The minimum atomic E-state index is 0.0412. The van der Waals surface area contributed by atoms with Gasteiger partial charge >= 0.3 is 0 Å². The molecule has 1 aliphatic rings. The van der Waals surface area contributed by atoms with Crippen LogP contribution in [0.2, 0.25) is 0 Å². The summed E-state index contributed by atoms with van der Waals surface area (Å²) in [5.41, 5.74) is 0.0412. The van der Waals surface area contributed by atoms with Crippen molar-refractivity contribution in [2.75, 3.05) is 26.2 Å². The summed E-state index contributed by atoms with van der Waals surface area (Å²) in [6.45, 7) is 7.08. The second kappa shape index (κ2) is 4.24. The molecule has 1 heterocycles. The fourth-order valence-corrected chi connectivity index (χ4v) is 1.89. The molecule has 76 valence electrons. The molecule has 0 aromatic heterocycles. The van der Waals surface area contributed by atoms with Gasteiger partial charge in [-0.1, -0.05) is 6.92 Å². The zero-order valence-corrected chi connectivity index (χ0v) is 9.15. The second-order valence-corrected chi connectivity index (χ2v) is 4.36. The van der Waals surface area contributed by atoms with E-state index >= 15 is 0 Å². The van der Waals surface area contributed by atoms with E-state index in [2.05, 4.69) is 17.1 Å². The molecule has 0 spiro atoms. The van der Waals surface area contributed by atoms with Crippen molar-refractivity contribution in [1.29, 1.82) is 0 Å². The monoisotopic (exact) mass is 202 g/mol. The average molecular weight is 202 g/mol. The molecule has 2 N–H and O–H groups in total. The van der Waals surface area contributed by atoms with E-state index in [9.17, 15) is 0 Å². The predicted octanol–water partition coefficient (Wildman–Crippen LogP) is 0.585. The molecule has 0 radical (unpaired) electrons. The van der Waals surface area contributed by atoms with Gasteiger partial charge in [-0.15, -0.1) is 0 Å². The van der Waals surface area contributed by atoms with Crippen molar-refractivity contribution in [1.82, 2.24) is 10.2 Å². The van der Waals surface area contributed by atoms with Crippen LogP contribution in [0.25, 0.3) is 0 Å². The van der Waals surface area contributed by atoms with E-state index in [1.54, 1.807) is 0 Å². The Kier molecular flexibility index (Phi) is 3.50. The summed E-state index contributed by atoms with van der Waals surface area (Å²) >= 11 is 5.20. The van der Waals surface area contributed by atoms with Crippen molar-refractivity contribution in [3.63, 3.8) is 0 Å². The highest BCUT2D eigenvalue weighted by Crippen LogP contribution is 2.28. The Bertz CT molecular complexity index is 198. The normalized spacial score (nSPS) is 27.8. The maximum Gasteiger partial charge on any atom is 0.168 e. The lowest BCUT2D eigenvalue weighted by molar-refractivity contribution is 0.154. The number of likely N-dealkylation sites (tertiary alicyclic amines) is 1. The number of rotatable bonds is 2. The molecule has 0 bridgehead atoms. The van der Waals surface area contributed by atoms with Crippen LogP contribution in [0.15, 0.2) is 0 Å². The van der Waals surface area contributed by atoms with Crippen molar-refractivity contribution >= 4 is 17.3 Å². The largest absolute Gasteiger partial charge is 0.396 e. The lowest BCUT2D eigenvalue weighted by Crippen LogP contribution is -2.39. The SMILES string of the molecule is CCNC(=S)N1CCC(C)(CO)C1. The third-order valence-corrected chi connectivity index (χ3v) is 2.96. The Hall–Kier alpha value is -0.350. The molecule has 4 heteroatoms. The number of hydrogen-bond donors (Lipinski definition) is 2. The Morgan fingerprint density at radius 3 is 2.85 bits per heavy atom. The molecule has 0 aromatic rings. The number of aliphatic hydroxyl groups is 1. The van der Waals surface area contributed by atoms with E-state index in [-0.39, 0.29) is 12.0 Å². The molecule has 1 saturated heterocycles. The summed E-state index contributed by atoms with van der Waals surface area (Å²) in [4.78, 5) is 2.13. The Morgan fingerprint density at radius 2 is 2.38 bits per heavy atom. The number of nitrogens with one attached hydrogen (secondary N) is 1. The van der Waals surface area contributed by atoms with Gasteiger partial charge in [0, 0.05) is 25.0 Å². The van der Waals surface area contributed by atoms with Gasteiger partial charge in [-0.05, 0) is 25.6 Å². The first-order valence-corrected chi connectivity index (χ1v) is 5.16. The van der Waals surface area contributed by atoms with Gasteiger partial charge in [0.1, 0.15) is 0 Å². The van der Waals surface area contributed by atoms with Gasteiger partial charge in [0.05, 0.1) is 6.61 Å². The number of aliphatic hydroxyl groups excluding tert-OH is 1. The van der Waals surface area contributed by atoms with E-state index in [4.69, 9.17) is 17.3 Å². The van der Waals surface area contributed by atoms with Crippen LogP contribution in [0.1, 0.15) is 20.3 Å². The number of thiocarbonyl (C=S) groups is 1. The molecule has 1 unspecified atom stereocenters. The minimum absolute atomic E-state index is 0.0412. The fraction of sp³-hybridized carbons (Fsp3) is 0.889. The highest BCUT2D eigenvalue weighted by Gasteiger charge is 2.33. The molecular weight excluding hydrogens is 184 g/mol. The van der Waals surface area contributed by atoms with Crippen LogP contribution in [-0.2, 0) is 0 Å². The maximum absolute atomic E-state index is 9.16. The van der Waals surface area contributed by atoms with Gasteiger partial charge in [0.15, 0.2) is 5.11 Å². The van der Waals surface area contributed by atoms with E-state index in [0.717, 1.165) is 31.2 Å². The van der Waals surface area contributed by atoms with Gasteiger partial charge in [-0.2, -0.15) is 0 Å². The smallest absolute Gasteiger partial charge is 0.168 e. The highest BCUT2D eigenvalue weighted by molar-refractivity contribution is 7.80. The number of hydrogen-bond acceptors (Lipinski definition) is 2. The first-order chi connectivity index (χ1) is 6.11. The standard InChI is InChI=1S/C9H18N2OS/c1-3-10-8(13)11-5-4-9(2,6-11)7-12/h12H,3-7H2,1-2H3,(H,10,13). The minimum Gasteiger partial charge on any atom is -0.396 e. The Morgan fingerprint density at radius 1 is 1.69 bits per heavy atom. The molecule has 1 atom stereocenters. The van der Waals surface area contributed by atoms with Crippen LogP contribution in [0, 0.1) is 5.41 Å². The maximum atomic E-state index is 9.16. The molecule has 0 aromatic carbocycles. The van der Waals surface area contributed by atoms with Gasteiger partial charge in [-0.3, -0.25) is 0 Å². The lowest BCUT2D eigenvalue weighted by Gasteiger charge is -2.23. The Labute approximate surface area is 85.1 Å². The van der Waals surface area contributed by atoms with Gasteiger partial charge in [0.25, 0.3) is 0 Å². The molecule has 1 aliphatic heterocycles. The van der Waals surface area contributed by atoms with Gasteiger partial charge in [-0.25, -0.2) is 0 Å². The van der Waals surface area contributed by atoms with E-state index in [1.165, 1.54) is 0 Å². The van der Waals surface area contributed by atoms with Crippen molar-refractivity contribution in [2.45, 2.75) is 20.3 Å². The number of nitrogens with zero attached hydrogens (tertiary/aromatic N) is 1. The highest BCUT2D eigenvalue weighted by atomic mass is 32.1. The van der Waals surface area contributed by atoms with Crippen molar-refractivity contribution in [3.05, 3.63) is 0 Å². The topological polar surface area (TPSA) is 35.5 Å². The van der Waals surface area contributed by atoms with E-state index < -0.39 is 0 Å². The van der Waals surface area contributed by atoms with Crippen LogP contribution in [0.4, 0.5) is 0 Å². The molecule has 0 saturated carbocycles. The van der Waals surface area contributed by atoms with Crippen LogP contribution >= 0.6 is 12.2 Å². The summed E-state index contributed by atoms with van der Waals surface area (Å²) in [6, 6.07) is 0. The fourth-order valence-electron chi connectivity index (χ4n) is 1.59. The second-order valence-electron chi connectivity index (χ2n) is 3.98. The predicted molar refractivity (Wildman–Crippen MR) is 57.7 cm³/mol. The Balaban J connectivity index is 2.45. The van der Waals surface area contributed by atoms with Crippen molar-refractivity contribution in [2.24, 2.45) is 5.41 Å². The van der Waals surface area contributed by atoms with Crippen LogP contribution in [0.5, 0.6) is 0 Å². The first-order valence-electron chi connectivity index (χ1n) is 4.75. The lowest BCUT2D eigenvalue weighted by atomic mass is 9.91. The summed E-state index contributed by atoms with van der Waals surface area (Å²) in [5, 5.41) is 13.1. The van der Waals surface area contributed by atoms with Crippen molar-refractivity contribution in [3.8, 4) is 0 Å². The van der Waals surface area contributed by atoms with Crippen LogP contribution in [0.3, 0.4) is 0 Å². The molecule has 13 heavy (non-hydrogen) atoms. The summed E-state index contributed by atoms with van der Waals surface area (Å²) in [5.74, 6) is 0. The summed E-state index contributed by atoms with van der Waals surface area (Å²) in [7, 11) is 0. The molecular formula is C9H18N2OS. The summed E-state index contributed by atoms with van der Waals surface area (Å²) in [6.07, 6.45) is 1.02. The molecule has 1 fully saturated rings. The van der Waals surface area contributed by atoms with Gasteiger partial charge in [0.2, 0.25) is 0 Å². The molecule has 3 nitrogen and oxygen atoms in total.